The highest BCUT2D eigenvalue weighted by atomic mass is 35.5. The summed E-state index contributed by atoms with van der Waals surface area (Å²) in [5.41, 5.74) is 0.0254. The van der Waals surface area contributed by atoms with Crippen molar-refractivity contribution >= 4 is 11.6 Å². The molecule has 8 heteroatoms. The van der Waals surface area contributed by atoms with Crippen molar-refractivity contribution in [3.63, 3.8) is 0 Å². The first kappa shape index (κ1) is 12.8. The summed E-state index contributed by atoms with van der Waals surface area (Å²) < 4.78 is 26.4. The van der Waals surface area contributed by atoms with Crippen molar-refractivity contribution in [2.24, 2.45) is 0 Å². The van der Waals surface area contributed by atoms with Crippen LogP contribution in [0.2, 0.25) is 5.15 Å². The van der Waals surface area contributed by atoms with Gasteiger partial charge in [-0.2, -0.15) is 10.2 Å². The van der Waals surface area contributed by atoms with Crippen molar-refractivity contribution in [2.75, 3.05) is 0 Å². The average Bonchev–Trinajstić information content (AvgIpc) is 2.67. The molecule has 0 aliphatic carbocycles. The molecule has 2 aromatic rings. The molecule has 5 nitrogen and oxygen atoms in total. The van der Waals surface area contributed by atoms with Crippen molar-refractivity contribution in [1.29, 1.82) is 0 Å². The Labute approximate surface area is 106 Å². The van der Waals surface area contributed by atoms with Crippen LogP contribution in [0.3, 0.4) is 0 Å². The predicted octanol–water partition coefficient (Wildman–Crippen LogP) is 2.05. The number of halogens is 3. The van der Waals surface area contributed by atoms with Gasteiger partial charge in [-0.3, -0.25) is 0 Å². The fraction of sp³-hybridized carbons (Fsp3) is 0.300. The fourth-order valence-electron chi connectivity index (χ4n) is 1.42. The summed E-state index contributed by atoms with van der Waals surface area (Å²) >= 11 is 5.89. The normalized spacial score (nSPS) is 11.2. The molecule has 2 heterocycles. The van der Waals surface area contributed by atoms with Crippen molar-refractivity contribution in [2.45, 2.75) is 20.0 Å². The van der Waals surface area contributed by atoms with Gasteiger partial charge in [0.15, 0.2) is 5.82 Å². The smallest absolute Gasteiger partial charge is 0.282 e. The molecule has 0 aliphatic heterocycles. The lowest BCUT2D eigenvalue weighted by Gasteiger charge is -2.01. The Morgan fingerprint density at radius 1 is 1.39 bits per heavy atom. The largest absolute Gasteiger partial charge is 0.391 e. The number of nitrogens with zero attached hydrogens (tertiary/aromatic N) is 4. The Hall–Kier alpha value is -1.60. The standard InChI is InChI=1S/C10H9ClF2N4O/c1-5-2-3-7(15-14-5)17-9(11)6(4-18)8(16-17)10(12)13/h2-3,10,18H,4H2,1H3. The van der Waals surface area contributed by atoms with Gasteiger partial charge in [-0.25, -0.2) is 13.5 Å². The summed E-state index contributed by atoms with van der Waals surface area (Å²) in [6.45, 7) is 1.13. The van der Waals surface area contributed by atoms with Gasteiger partial charge in [0.05, 0.1) is 12.3 Å². The third kappa shape index (κ3) is 2.19. The topological polar surface area (TPSA) is 63.8 Å². The quantitative estimate of drug-likeness (QED) is 0.930. The van der Waals surface area contributed by atoms with Crippen LogP contribution >= 0.6 is 11.6 Å². The zero-order chi connectivity index (χ0) is 13.3. The molecule has 18 heavy (non-hydrogen) atoms. The third-order valence-electron chi connectivity index (χ3n) is 2.32. The van der Waals surface area contributed by atoms with Crippen LogP contribution in [0.15, 0.2) is 12.1 Å². The van der Waals surface area contributed by atoms with E-state index in [1.165, 1.54) is 0 Å². The highest BCUT2D eigenvalue weighted by Gasteiger charge is 2.23. The van der Waals surface area contributed by atoms with Crippen LogP contribution in [-0.2, 0) is 6.61 Å². The van der Waals surface area contributed by atoms with Crippen LogP contribution in [0.4, 0.5) is 8.78 Å². The monoisotopic (exact) mass is 274 g/mol. The first-order valence-corrected chi connectivity index (χ1v) is 5.39. The van der Waals surface area contributed by atoms with E-state index >= 15 is 0 Å². The second kappa shape index (κ2) is 4.95. The fourth-order valence-corrected chi connectivity index (χ4v) is 1.70. The Bertz CT molecular complexity index is 556. The lowest BCUT2D eigenvalue weighted by Crippen LogP contribution is -2.02. The molecular weight excluding hydrogens is 266 g/mol. The molecule has 0 atom stereocenters. The first-order chi connectivity index (χ1) is 8.54. The van der Waals surface area contributed by atoms with E-state index in [4.69, 9.17) is 16.7 Å². The van der Waals surface area contributed by atoms with Gasteiger partial charge in [-0.1, -0.05) is 11.6 Å². The lowest BCUT2D eigenvalue weighted by atomic mass is 10.3. The molecule has 1 N–H and O–H groups in total. The van der Waals surface area contributed by atoms with E-state index in [2.05, 4.69) is 15.3 Å². The number of alkyl halides is 2. The van der Waals surface area contributed by atoms with E-state index in [0.717, 1.165) is 4.68 Å². The van der Waals surface area contributed by atoms with E-state index in [1.54, 1.807) is 19.1 Å². The van der Waals surface area contributed by atoms with Gasteiger partial charge in [-0.05, 0) is 19.1 Å². The Morgan fingerprint density at radius 2 is 2.11 bits per heavy atom. The molecule has 96 valence electrons. The molecule has 0 radical (unpaired) electrons. The van der Waals surface area contributed by atoms with Crippen molar-refractivity contribution < 1.29 is 13.9 Å². The van der Waals surface area contributed by atoms with Crippen molar-refractivity contribution in [3.05, 3.63) is 34.2 Å². The van der Waals surface area contributed by atoms with E-state index in [0.29, 0.717) is 5.69 Å². The second-order valence-corrected chi connectivity index (χ2v) is 3.92. The molecular formula is C10H9ClF2N4O. The molecule has 0 amide bonds. The minimum Gasteiger partial charge on any atom is -0.391 e. The zero-order valence-electron chi connectivity index (χ0n) is 9.31. The van der Waals surface area contributed by atoms with Gasteiger partial charge in [0.2, 0.25) is 0 Å². The van der Waals surface area contributed by atoms with Gasteiger partial charge in [0.1, 0.15) is 10.8 Å². The van der Waals surface area contributed by atoms with E-state index in [9.17, 15) is 8.78 Å². The number of hydrogen-bond donors (Lipinski definition) is 1. The molecule has 2 aromatic heterocycles. The van der Waals surface area contributed by atoms with E-state index in [-0.39, 0.29) is 16.5 Å². The van der Waals surface area contributed by atoms with Crippen LogP contribution in [0.25, 0.3) is 5.82 Å². The summed E-state index contributed by atoms with van der Waals surface area (Å²) in [7, 11) is 0. The van der Waals surface area contributed by atoms with Crippen LogP contribution in [0.5, 0.6) is 0 Å². The molecule has 0 aromatic carbocycles. The van der Waals surface area contributed by atoms with Crippen LogP contribution < -0.4 is 0 Å². The number of rotatable bonds is 3. The van der Waals surface area contributed by atoms with E-state index in [1.807, 2.05) is 0 Å². The molecule has 2 rings (SSSR count). The minimum absolute atomic E-state index is 0.0917. The maximum absolute atomic E-state index is 12.7. The number of aryl methyl sites for hydroxylation is 1. The van der Waals surface area contributed by atoms with Gasteiger partial charge < -0.3 is 5.11 Å². The minimum atomic E-state index is -2.82. The zero-order valence-corrected chi connectivity index (χ0v) is 10.1. The summed E-state index contributed by atoms with van der Waals surface area (Å²) in [6.07, 6.45) is -2.82. The van der Waals surface area contributed by atoms with Gasteiger partial charge >= 0.3 is 0 Å². The summed E-state index contributed by atoms with van der Waals surface area (Å²) in [5.74, 6) is 0.215. The summed E-state index contributed by atoms with van der Waals surface area (Å²) in [6, 6.07) is 3.21. The molecule has 0 fully saturated rings. The number of hydrogen-bond acceptors (Lipinski definition) is 4. The number of aliphatic hydroxyl groups excluding tert-OH is 1. The Morgan fingerprint density at radius 3 is 2.56 bits per heavy atom. The molecule has 0 saturated carbocycles. The summed E-state index contributed by atoms with van der Waals surface area (Å²) in [4.78, 5) is 0. The first-order valence-electron chi connectivity index (χ1n) is 5.01. The van der Waals surface area contributed by atoms with E-state index < -0.39 is 18.7 Å². The third-order valence-corrected chi connectivity index (χ3v) is 2.71. The summed E-state index contributed by atoms with van der Waals surface area (Å²) in [5, 5.41) is 20.2. The Kier molecular flexibility index (Phi) is 3.53. The van der Waals surface area contributed by atoms with Gasteiger partial charge in [-0.15, -0.1) is 5.10 Å². The Balaban J connectivity index is 2.55. The maximum Gasteiger partial charge on any atom is 0.282 e. The number of aromatic nitrogens is 4. The van der Waals surface area contributed by atoms with Crippen molar-refractivity contribution in [1.82, 2.24) is 20.0 Å². The second-order valence-electron chi connectivity index (χ2n) is 3.56. The van der Waals surface area contributed by atoms with Crippen LogP contribution in [0.1, 0.15) is 23.4 Å². The van der Waals surface area contributed by atoms with Gasteiger partial charge in [0.25, 0.3) is 6.43 Å². The maximum atomic E-state index is 12.7. The van der Waals surface area contributed by atoms with Crippen molar-refractivity contribution in [3.8, 4) is 5.82 Å². The molecule has 0 spiro atoms. The lowest BCUT2D eigenvalue weighted by molar-refractivity contribution is 0.141. The van der Waals surface area contributed by atoms with Gasteiger partial charge in [0, 0.05) is 5.56 Å². The average molecular weight is 275 g/mol. The predicted molar refractivity (Wildman–Crippen MR) is 59.8 cm³/mol. The van der Waals surface area contributed by atoms with Crippen LogP contribution in [-0.4, -0.2) is 25.1 Å². The highest BCUT2D eigenvalue weighted by molar-refractivity contribution is 6.30. The molecule has 0 aliphatic rings. The SMILES string of the molecule is Cc1ccc(-n2nc(C(F)F)c(CO)c2Cl)nn1. The number of aliphatic hydroxyl groups is 1. The molecule has 0 unspecified atom stereocenters. The molecule has 0 saturated heterocycles. The molecule has 0 bridgehead atoms. The highest BCUT2D eigenvalue weighted by Crippen LogP contribution is 2.29. The van der Waals surface area contributed by atoms with Crippen LogP contribution in [0, 0.1) is 6.92 Å².